The molecular formula is C34H60OSi. The zero-order valence-corrected chi connectivity index (χ0v) is 26.6. The summed E-state index contributed by atoms with van der Waals surface area (Å²) in [6.45, 7) is 26.2. The van der Waals surface area contributed by atoms with Crippen LogP contribution < -0.4 is 0 Å². The Morgan fingerprint density at radius 2 is 1.78 bits per heavy atom. The Hall–Kier alpha value is -0.603. The third-order valence-corrected chi connectivity index (χ3v) is 15.4. The van der Waals surface area contributed by atoms with Crippen molar-refractivity contribution in [2.24, 2.45) is 29.1 Å². The minimum absolute atomic E-state index is 0.272. The lowest BCUT2D eigenvalue weighted by molar-refractivity contribution is 0.0927. The molecule has 5 atom stereocenters. The van der Waals surface area contributed by atoms with Gasteiger partial charge in [-0.15, -0.1) is 0 Å². The lowest BCUT2D eigenvalue weighted by atomic mass is 9.60. The SMILES string of the molecule is C=C1CCC(O[Si](C)(C)C(C)(C)C)CC1=CCC=C1CCCC2(C)C1CCC2C(C)CCCC(C)C. The highest BCUT2D eigenvalue weighted by molar-refractivity contribution is 6.74. The molecule has 0 spiro atoms. The van der Waals surface area contributed by atoms with Crippen molar-refractivity contribution in [3.63, 3.8) is 0 Å². The first kappa shape index (κ1) is 29.9. The highest BCUT2D eigenvalue weighted by atomic mass is 28.4. The van der Waals surface area contributed by atoms with E-state index in [4.69, 9.17) is 4.43 Å². The molecule has 206 valence electrons. The Balaban J connectivity index is 1.63. The third-order valence-electron chi connectivity index (χ3n) is 10.8. The van der Waals surface area contributed by atoms with Crippen LogP contribution in [-0.4, -0.2) is 14.4 Å². The van der Waals surface area contributed by atoms with Crippen molar-refractivity contribution >= 4 is 8.32 Å². The minimum atomic E-state index is -1.72. The molecular weight excluding hydrogens is 452 g/mol. The van der Waals surface area contributed by atoms with Gasteiger partial charge in [-0.05, 0) is 111 Å². The molecule has 0 bridgehead atoms. The van der Waals surface area contributed by atoms with E-state index in [1.165, 1.54) is 62.5 Å². The molecule has 0 aliphatic heterocycles. The van der Waals surface area contributed by atoms with Crippen molar-refractivity contribution in [2.75, 3.05) is 0 Å². The summed E-state index contributed by atoms with van der Waals surface area (Å²) in [5, 5.41) is 0.272. The van der Waals surface area contributed by atoms with Gasteiger partial charge < -0.3 is 4.43 Å². The molecule has 3 aliphatic rings. The Morgan fingerprint density at radius 3 is 2.44 bits per heavy atom. The van der Waals surface area contributed by atoms with Crippen LogP contribution in [0.4, 0.5) is 0 Å². The monoisotopic (exact) mass is 512 g/mol. The van der Waals surface area contributed by atoms with Crippen molar-refractivity contribution in [1.29, 1.82) is 0 Å². The Kier molecular flexibility index (Phi) is 10.0. The summed E-state index contributed by atoms with van der Waals surface area (Å²) in [6.07, 6.45) is 21.2. The van der Waals surface area contributed by atoms with E-state index in [1.807, 2.05) is 0 Å². The van der Waals surface area contributed by atoms with Crippen molar-refractivity contribution in [2.45, 2.75) is 150 Å². The molecule has 3 rings (SSSR count). The molecule has 2 heteroatoms. The maximum Gasteiger partial charge on any atom is 0.192 e. The zero-order valence-electron chi connectivity index (χ0n) is 25.6. The summed E-state index contributed by atoms with van der Waals surface area (Å²) in [5.74, 6) is 3.47. The summed E-state index contributed by atoms with van der Waals surface area (Å²) < 4.78 is 6.80. The van der Waals surface area contributed by atoms with Crippen LogP contribution in [0.25, 0.3) is 0 Å². The van der Waals surface area contributed by atoms with Gasteiger partial charge >= 0.3 is 0 Å². The van der Waals surface area contributed by atoms with E-state index in [0.717, 1.165) is 49.4 Å². The van der Waals surface area contributed by atoms with Crippen LogP contribution in [0.1, 0.15) is 126 Å². The molecule has 0 amide bonds. The second-order valence-electron chi connectivity index (χ2n) is 15.0. The van der Waals surface area contributed by atoms with Crippen LogP contribution in [-0.2, 0) is 4.43 Å². The van der Waals surface area contributed by atoms with Crippen LogP contribution in [0.15, 0.2) is 35.5 Å². The fraction of sp³-hybridized carbons (Fsp3) is 0.824. The summed E-state index contributed by atoms with van der Waals surface area (Å²) in [4.78, 5) is 0. The van der Waals surface area contributed by atoms with Crippen LogP contribution >= 0.6 is 0 Å². The maximum atomic E-state index is 6.80. The average Bonchev–Trinajstić information content (AvgIpc) is 3.12. The van der Waals surface area contributed by atoms with Crippen LogP contribution in [0.2, 0.25) is 18.1 Å². The molecule has 0 aromatic heterocycles. The van der Waals surface area contributed by atoms with Gasteiger partial charge in [-0.1, -0.05) is 97.6 Å². The van der Waals surface area contributed by atoms with Gasteiger partial charge in [0.1, 0.15) is 0 Å². The van der Waals surface area contributed by atoms with Gasteiger partial charge in [0, 0.05) is 6.10 Å². The van der Waals surface area contributed by atoms with Gasteiger partial charge in [-0.3, -0.25) is 0 Å². The normalized spacial score (nSPS) is 32.9. The Labute approximate surface area is 226 Å². The number of fused-ring (bicyclic) bond motifs is 1. The highest BCUT2D eigenvalue weighted by Gasteiger charge is 2.50. The van der Waals surface area contributed by atoms with Crippen molar-refractivity contribution < 1.29 is 4.43 Å². The van der Waals surface area contributed by atoms with Crippen LogP contribution in [0.5, 0.6) is 0 Å². The molecule has 0 N–H and O–H groups in total. The summed E-state index contributed by atoms with van der Waals surface area (Å²) in [7, 11) is -1.72. The largest absolute Gasteiger partial charge is 0.414 e. The fourth-order valence-electron chi connectivity index (χ4n) is 7.57. The van der Waals surface area contributed by atoms with Gasteiger partial charge in [0.15, 0.2) is 8.32 Å². The molecule has 0 saturated heterocycles. The lowest BCUT2D eigenvalue weighted by Gasteiger charge is -2.44. The van der Waals surface area contributed by atoms with Crippen molar-refractivity contribution in [3.8, 4) is 0 Å². The first-order valence-electron chi connectivity index (χ1n) is 15.5. The molecule has 0 aromatic rings. The molecule has 1 nitrogen and oxygen atoms in total. The molecule has 5 unspecified atom stereocenters. The molecule has 3 saturated carbocycles. The summed E-state index contributed by atoms with van der Waals surface area (Å²) in [6, 6.07) is 0. The second-order valence-corrected chi connectivity index (χ2v) is 19.7. The summed E-state index contributed by atoms with van der Waals surface area (Å²) in [5.41, 5.74) is 5.15. The molecule has 3 fully saturated rings. The van der Waals surface area contributed by atoms with E-state index in [0.29, 0.717) is 11.5 Å². The smallest absolute Gasteiger partial charge is 0.192 e. The standard InChI is InChI=1S/C34H60OSi/c1-25(2)14-11-15-27(4)31-21-22-32-28(18-13-23-34(31,32)8)16-12-17-29-24-30(20-19-26(29)3)35-36(9,10)33(5,6)7/h16-17,25,27,30-32H,3,11-15,18-24H2,1-2,4-10H3. The molecule has 36 heavy (non-hydrogen) atoms. The van der Waals surface area contributed by atoms with Crippen molar-refractivity contribution in [3.05, 3.63) is 35.5 Å². The topological polar surface area (TPSA) is 9.23 Å². The number of hydrogen-bond acceptors (Lipinski definition) is 1. The molecule has 0 heterocycles. The average molecular weight is 513 g/mol. The van der Waals surface area contributed by atoms with Gasteiger partial charge in [0.2, 0.25) is 0 Å². The van der Waals surface area contributed by atoms with Crippen molar-refractivity contribution in [1.82, 2.24) is 0 Å². The Bertz CT molecular complexity index is 810. The Morgan fingerprint density at radius 1 is 1.06 bits per heavy atom. The lowest BCUT2D eigenvalue weighted by Crippen LogP contribution is -2.44. The van der Waals surface area contributed by atoms with Crippen LogP contribution in [0.3, 0.4) is 0 Å². The van der Waals surface area contributed by atoms with E-state index in [-0.39, 0.29) is 5.04 Å². The predicted molar refractivity (Wildman–Crippen MR) is 162 cm³/mol. The highest BCUT2D eigenvalue weighted by Crippen LogP contribution is 2.60. The van der Waals surface area contributed by atoms with E-state index in [1.54, 1.807) is 5.57 Å². The summed E-state index contributed by atoms with van der Waals surface area (Å²) >= 11 is 0. The van der Waals surface area contributed by atoms with Gasteiger partial charge in [0.05, 0.1) is 0 Å². The first-order chi connectivity index (χ1) is 16.7. The van der Waals surface area contributed by atoms with Gasteiger partial charge in [-0.25, -0.2) is 0 Å². The van der Waals surface area contributed by atoms with Gasteiger partial charge in [-0.2, -0.15) is 0 Å². The van der Waals surface area contributed by atoms with E-state index in [2.05, 4.69) is 80.3 Å². The fourth-order valence-corrected chi connectivity index (χ4v) is 8.96. The molecule has 0 aromatic carbocycles. The van der Waals surface area contributed by atoms with Crippen LogP contribution in [0, 0.1) is 29.1 Å². The maximum absolute atomic E-state index is 6.80. The number of rotatable bonds is 9. The number of hydrogen-bond donors (Lipinski definition) is 0. The second kappa shape index (κ2) is 12.1. The predicted octanol–water partition coefficient (Wildman–Crippen LogP) is 11.0. The zero-order chi connectivity index (χ0) is 26.7. The van der Waals surface area contributed by atoms with E-state index < -0.39 is 8.32 Å². The van der Waals surface area contributed by atoms with E-state index >= 15 is 0 Å². The third kappa shape index (κ3) is 7.07. The van der Waals surface area contributed by atoms with Gasteiger partial charge in [0.25, 0.3) is 0 Å². The quantitative estimate of drug-likeness (QED) is 0.220. The molecule has 3 aliphatic carbocycles. The number of allylic oxidation sites excluding steroid dienone is 4. The van der Waals surface area contributed by atoms with E-state index in [9.17, 15) is 0 Å². The minimum Gasteiger partial charge on any atom is -0.414 e. The first-order valence-corrected chi connectivity index (χ1v) is 18.4. The molecule has 0 radical (unpaired) electrons.